The van der Waals surface area contributed by atoms with Gasteiger partial charge in [-0.3, -0.25) is 0 Å². The third-order valence-corrected chi connectivity index (χ3v) is 3.07. The quantitative estimate of drug-likeness (QED) is 0.780. The van der Waals surface area contributed by atoms with Crippen LogP contribution in [-0.4, -0.2) is 9.97 Å². The lowest BCUT2D eigenvalue weighted by Gasteiger charge is -2.04. The largest absolute Gasteiger partial charge is 0.383 e. The Morgan fingerprint density at radius 3 is 2.75 bits per heavy atom. The molecule has 0 atom stereocenters. The number of nitrogens with two attached hydrogens (primary N) is 2. The second-order valence-electron chi connectivity index (χ2n) is 3.10. The van der Waals surface area contributed by atoms with Crippen molar-refractivity contribution in [2.24, 2.45) is 0 Å². The van der Waals surface area contributed by atoms with Gasteiger partial charge in [-0.05, 0) is 12.1 Å². The summed E-state index contributed by atoms with van der Waals surface area (Å²) in [7, 11) is 0. The highest BCUT2D eigenvalue weighted by Crippen LogP contribution is 2.22. The Labute approximate surface area is 101 Å². The summed E-state index contributed by atoms with van der Waals surface area (Å²) in [5.41, 5.74) is 11.0. The molecule has 0 fully saturated rings. The van der Waals surface area contributed by atoms with Gasteiger partial charge in [0.25, 0.3) is 0 Å². The van der Waals surface area contributed by atoms with Gasteiger partial charge >= 0.3 is 0 Å². The molecule has 0 amide bonds. The highest BCUT2D eigenvalue weighted by atomic mass is 35.5. The van der Waals surface area contributed by atoms with Crippen LogP contribution in [-0.2, 0) is 6.54 Å². The molecule has 0 aliphatic carbocycles. The number of nitrogens with one attached hydrogen (secondary N) is 1. The SMILES string of the molecule is Nc1cc(NCc2ccc(Cl)s2)nc(N)n1. The summed E-state index contributed by atoms with van der Waals surface area (Å²) in [6, 6.07) is 5.44. The second-order valence-corrected chi connectivity index (χ2v) is 4.90. The van der Waals surface area contributed by atoms with E-state index in [1.807, 2.05) is 12.1 Å². The van der Waals surface area contributed by atoms with E-state index in [-0.39, 0.29) is 5.95 Å². The molecular weight excluding hydrogens is 246 g/mol. The first kappa shape index (κ1) is 11.0. The van der Waals surface area contributed by atoms with Crippen molar-refractivity contribution >= 4 is 40.5 Å². The maximum Gasteiger partial charge on any atom is 0.223 e. The molecule has 2 aromatic heterocycles. The van der Waals surface area contributed by atoms with Gasteiger partial charge in [0.15, 0.2) is 0 Å². The van der Waals surface area contributed by atoms with Gasteiger partial charge in [-0.2, -0.15) is 9.97 Å². The normalized spacial score (nSPS) is 10.3. The van der Waals surface area contributed by atoms with Crippen molar-refractivity contribution < 1.29 is 0 Å². The number of nitrogens with zero attached hydrogens (tertiary/aromatic N) is 2. The van der Waals surface area contributed by atoms with Crippen molar-refractivity contribution in [3.63, 3.8) is 0 Å². The van der Waals surface area contributed by atoms with E-state index in [2.05, 4.69) is 15.3 Å². The molecule has 2 rings (SSSR count). The predicted molar refractivity (Wildman–Crippen MR) is 67.5 cm³/mol. The summed E-state index contributed by atoms with van der Waals surface area (Å²) in [4.78, 5) is 8.89. The zero-order valence-electron chi connectivity index (χ0n) is 8.27. The van der Waals surface area contributed by atoms with Gasteiger partial charge in [0.2, 0.25) is 5.95 Å². The topological polar surface area (TPSA) is 89.8 Å². The van der Waals surface area contributed by atoms with Crippen LogP contribution in [0.15, 0.2) is 18.2 Å². The minimum atomic E-state index is 0.159. The molecule has 0 aliphatic rings. The van der Waals surface area contributed by atoms with Crippen molar-refractivity contribution in [1.29, 1.82) is 0 Å². The molecule has 0 aliphatic heterocycles. The van der Waals surface area contributed by atoms with Crippen LogP contribution in [0.2, 0.25) is 4.34 Å². The van der Waals surface area contributed by atoms with E-state index in [0.717, 1.165) is 9.21 Å². The lowest BCUT2D eigenvalue weighted by atomic mass is 10.4. The molecule has 5 N–H and O–H groups in total. The summed E-state index contributed by atoms with van der Waals surface area (Å²) in [5, 5.41) is 3.10. The molecule has 0 unspecified atom stereocenters. The van der Waals surface area contributed by atoms with Crippen LogP contribution in [0, 0.1) is 0 Å². The number of thiophene rings is 1. The predicted octanol–water partition coefficient (Wildman–Crippen LogP) is 1.97. The third-order valence-electron chi connectivity index (χ3n) is 1.84. The summed E-state index contributed by atoms with van der Waals surface area (Å²) in [6.07, 6.45) is 0. The molecule has 5 nitrogen and oxygen atoms in total. The van der Waals surface area contributed by atoms with E-state index in [4.69, 9.17) is 23.1 Å². The van der Waals surface area contributed by atoms with E-state index < -0.39 is 0 Å². The second kappa shape index (κ2) is 4.54. The van der Waals surface area contributed by atoms with E-state index in [1.165, 1.54) is 11.3 Å². The minimum absolute atomic E-state index is 0.159. The molecule has 0 spiro atoms. The first-order valence-electron chi connectivity index (χ1n) is 4.51. The number of aromatic nitrogens is 2. The average Bonchev–Trinajstić information content (AvgIpc) is 2.60. The molecular formula is C9H10ClN5S. The molecule has 84 valence electrons. The molecule has 0 saturated carbocycles. The maximum absolute atomic E-state index is 5.82. The zero-order chi connectivity index (χ0) is 11.5. The average molecular weight is 256 g/mol. The number of halogens is 1. The lowest BCUT2D eigenvalue weighted by molar-refractivity contribution is 1.11. The Kier molecular flexibility index (Phi) is 3.12. The van der Waals surface area contributed by atoms with Crippen LogP contribution < -0.4 is 16.8 Å². The minimum Gasteiger partial charge on any atom is -0.383 e. The Morgan fingerprint density at radius 2 is 2.12 bits per heavy atom. The number of rotatable bonds is 3. The van der Waals surface area contributed by atoms with Crippen molar-refractivity contribution in [3.05, 3.63) is 27.4 Å². The fourth-order valence-electron chi connectivity index (χ4n) is 1.20. The Bertz CT molecular complexity index is 478. The summed E-state index contributed by atoms with van der Waals surface area (Å²) in [6.45, 7) is 0.632. The number of anilines is 3. The van der Waals surface area contributed by atoms with Crippen LogP contribution >= 0.6 is 22.9 Å². The van der Waals surface area contributed by atoms with Gasteiger partial charge in [0.05, 0.1) is 10.9 Å². The fraction of sp³-hybridized carbons (Fsp3) is 0.111. The third kappa shape index (κ3) is 2.74. The van der Waals surface area contributed by atoms with Crippen molar-refractivity contribution in [3.8, 4) is 0 Å². The van der Waals surface area contributed by atoms with Crippen LogP contribution in [0.5, 0.6) is 0 Å². The molecule has 16 heavy (non-hydrogen) atoms. The molecule has 7 heteroatoms. The van der Waals surface area contributed by atoms with E-state index in [9.17, 15) is 0 Å². The first-order chi connectivity index (χ1) is 7.63. The van der Waals surface area contributed by atoms with Crippen LogP contribution in [0.25, 0.3) is 0 Å². The molecule has 0 radical (unpaired) electrons. The molecule has 2 heterocycles. The van der Waals surface area contributed by atoms with Crippen molar-refractivity contribution in [2.75, 3.05) is 16.8 Å². The number of hydrogen-bond donors (Lipinski definition) is 3. The summed E-state index contributed by atoms with van der Waals surface area (Å²) >= 11 is 7.33. The van der Waals surface area contributed by atoms with Crippen LogP contribution in [0.1, 0.15) is 4.88 Å². The fourth-order valence-corrected chi connectivity index (χ4v) is 2.23. The van der Waals surface area contributed by atoms with Crippen LogP contribution in [0.4, 0.5) is 17.6 Å². The van der Waals surface area contributed by atoms with Gasteiger partial charge in [-0.15, -0.1) is 11.3 Å². The van der Waals surface area contributed by atoms with E-state index in [0.29, 0.717) is 18.2 Å². The van der Waals surface area contributed by atoms with Crippen molar-refractivity contribution in [1.82, 2.24) is 9.97 Å². The number of nitrogen functional groups attached to an aromatic ring is 2. The smallest absolute Gasteiger partial charge is 0.223 e. The first-order valence-corrected chi connectivity index (χ1v) is 5.71. The Hall–Kier alpha value is -1.53. The number of hydrogen-bond acceptors (Lipinski definition) is 6. The molecule has 0 bridgehead atoms. The van der Waals surface area contributed by atoms with E-state index >= 15 is 0 Å². The summed E-state index contributed by atoms with van der Waals surface area (Å²) in [5.74, 6) is 1.11. The highest BCUT2D eigenvalue weighted by Gasteiger charge is 2.01. The molecule has 0 saturated heterocycles. The lowest BCUT2D eigenvalue weighted by Crippen LogP contribution is -2.05. The Balaban J connectivity index is 2.04. The van der Waals surface area contributed by atoms with Crippen LogP contribution in [0.3, 0.4) is 0 Å². The maximum atomic E-state index is 5.82. The van der Waals surface area contributed by atoms with Gasteiger partial charge in [0, 0.05) is 10.9 Å². The molecule has 0 aromatic carbocycles. The monoisotopic (exact) mass is 255 g/mol. The Morgan fingerprint density at radius 1 is 1.31 bits per heavy atom. The van der Waals surface area contributed by atoms with Crippen molar-refractivity contribution in [2.45, 2.75) is 6.54 Å². The zero-order valence-corrected chi connectivity index (χ0v) is 9.85. The molecule has 2 aromatic rings. The highest BCUT2D eigenvalue weighted by molar-refractivity contribution is 7.16. The van der Waals surface area contributed by atoms with Gasteiger partial charge < -0.3 is 16.8 Å². The van der Waals surface area contributed by atoms with Gasteiger partial charge in [0.1, 0.15) is 11.6 Å². The van der Waals surface area contributed by atoms with E-state index in [1.54, 1.807) is 6.07 Å². The summed E-state index contributed by atoms with van der Waals surface area (Å²) < 4.78 is 0.763. The van der Waals surface area contributed by atoms with Gasteiger partial charge in [-0.25, -0.2) is 0 Å². The van der Waals surface area contributed by atoms with Gasteiger partial charge in [-0.1, -0.05) is 11.6 Å². The standard InChI is InChI=1S/C9H10ClN5S/c10-6-2-1-5(16-6)4-13-8-3-7(11)14-9(12)15-8/h1-3H,4H2,(H5,11,12,13,14,15).